The van der Waals surface area contributed by atoms with Gasteiger partial charge in [-0.15, -0.1) is 0 Å². The summed E-state index contributed by atoms with van der Waals surface area (Å²) < 4.78 is 18.6. The summed E-state index contributed by atoms with van der Waals surface area (Å²) in [6.07, 6.45) is 3.16. The number of aliphatic hydroxyl groups excluding tert-OH is 1. The molecule has 1 saturated carbocycles. The van der Waals surface area contributed by atoms with E-state index in [1.165, 1.54) is 7.11 Å². The summed E-state index contributed by atoms with van der Waals surface area (Å²) >= 11 is 0. The molecule has 2 nitrogen and oxygen atoms in total. The number of methoxy groups -OCH3 is 1. The van der Waals surface area contributed by atoms with Crippen molar-refractivity contribution in [1.29, 1.82) is 0 Å². The lowest BCUT2D eigenvalue weighted by molar-refractivity contribution is 0.141. The monoisotopic (exact) mass is 224 g/mol. The highest BCUT2D eigenvalue weighted by Crippen LogP contribution is 2.34. The van der Waals surface area contributed by atoms with Crippen molar-refractivity contribution in [2.75, 3.05) is 7.11 Å². The topological polar surface area (TPSA) is 29.5 Å². The Bertz CT molecular complexity index is 361. The quantitative estimate of drug-likeness (QED) is 0.832. The van der Waals surface area contributed by atoms with Gasteiger partial charge < -0.3 is 9.84 Å². The van der Waals surface area contributed by atoms with Gasteiger partial charge in [-0.2, -0.15) is 0 Å². The lowest BCUT2D eigenvalue weighted by Gasteiger charge is -2.10. The summed E-state index contributed by atoms with van der Waals surface area (Å²) in [5, 5.41) is 9.71. The van der Waals surface area contributed by atoms with Gasteiger partial charge in [-0.1, -0.05) is 12.1 Å². The molecule has 1 aromatic carbocycles. The highest BCUT2D eigenvalue weighted by Gasteiger charge is 2.29. The molecule has 1 N–H and O–H groups in total. The van der Waals surface area contributed by atoms with E-state index in [-0.39, 0.29) is 17.7 Å². The lowest BCUT2D eigenvalue weighted by Crippen LogP contribution is -2.10. The van der Waals surface area contributed by atoms with Crippen LogP contribution in [0.25, 0.3) is 0 Å². The number of aryl methyl sites for hydroxylation is 1. The minimum atomic E-state index is -0.298. The number of rotatable bonds is 5. The summed E-state index contributed by atoms with van der Waals surface area (Å²) in [4.78, 5) is 0. The van der Waals surface area contributed by atoms with Crippen LogP contribution in [0.2, 0.25) is 0 Å². The molecule has 3 heteroatoms. The molecule has 0 bridgehead atoms. The maximum absolute atomic E-state index is 13.7. The molecular weight excluding hydrogens is 207 g/mol. The highest BCUT2D eigenvalue weighted by atomic mass is 19.1. The third kappa shape index (κ3) is 2.53. The molecule has 0 saturated heterocycles. The van der Waals surface area contributed by atoms with E-state index in [4.69, 9.17) is 4.74 Å². The molecule has 88 valence electrons. The van der Waals surface area contributed by atoms with Crippen LogP contribution in [0.1, 0.15) is 24.8 Å². The Balaban J connectivity index is 1.97. The van der Waals surface area contributed by atoms with Gasteiger partial charge in [-0.3, -0.25) is 0 Å². The average Bonchev–Trinajstić information content (AvgIpc) is 3.11. The van der Waals surface area contributed by atoms with E-state index in [0.717, 1.165) is 12.8 Å². The first kappa shape index (κ1) is 11.4. The molecule has 0 spiro atoms. The van der Waals surface area contributed by atoms with E-state index in [9.17, 15) is 9.50 Å². The van der Waals surface area contributed by atoms with Gasteiger partial charge in [0.05, 0.1) is 13.2 Å². The Morgan fingerprint density at radius 3 is 2.88 bits per heavy atom. The highest BCUT2D eigenvalue weighted by molar-refractivity contribution is 5.31. The second-order valence-electron chi connectivity index (χ2n) is 4.38. The summed E-state index contributed by atoms with van der Waals surface area (Å²) in [7, 11) is 1.46. The second-order valence-corrected chi connectivity index (χ2v) is 4.38. The van der Waals surface area contributed by atoms with E-state index in [1.807, 2.05) is 0 Å². The fourth-order valence-electron chi connectivity index (χ4n) is 1.93. The van der Waals surface area contributed by atoms with Crippen molar-refractivity contribution in [1.82, 2.24) is 0 Å². The van der Waals surface area contributed by atoms with Crippen molar-refractivity contribution in [2.24, 2.45) is 5.92 Å². The van der Waals surface area contributed by atoms with E-state index in [1.54, 1.807) is 18.2 Å². The second kappa shape index (κ2) is 4.83. The van der Waals surface area contributed by atoms with Crippen LogP contribution in [0, 0.1) is 11.7 Å². The van der Waals surface area contributed by atoms with E-state index < -0.39 is 0 Å². The smallest absolute Gasteiger partial charge is 0.168 e. The maximum atomic E-state index is 13.7. The first-order valence-electron chi connectivity index (χ1n) is 5.72. The molecule has 1 unspecified atom stereocenters. The van der Waals surface area contributed by atoms with Gasteiger partial charge in [0, 0.05) is 0 Å². The standard InChI is InChI=1S/C13H17FO2/c1-16-12-4-2-3-10(13(12)14)7-8-11(15)9-5-6-9/h2-4,9,11,15H,5-8H2,1H3. The minimum absolute atomic E-state index is 0.273. The number of ether oxygens (including phenoxy) is 1. The van der Waals surface area contributed by atoms with Gasteiger partial charge in [-0.05, 0) is 43.2 Å². The van der Waals surface area contributed by atoms with Crippen LogP contribution in [0.4, 0.5) is 4.39 Å². The zero-order valence-corrected chi connectivity index (χ0v) is 9.45. The van der Waals surface area contributed by atoms with Gasteiger partial charge in [0.15, 0.2) is 11.6 Å². The molecule has 0 heterocycles. The molecule has 1 aliphatic carbocycles. The SMILES string of the molecule is COc1cccc(CCC(O)C2CC2)c1F. The predicted molar refractivity (Wildman–Crippen MR) is 60.0 cm³/mol. The van der Waals surface area contributed by atoms with Crippen molar-refractivity contribution in [3.05, 3.63) is 29.6 Å². The minimum Gasteiger partial charge on any atom is -0.494 e. The molecule has 1 aliphatic rings. The zero-order chi connectivity index (χ0) is 11.5. The fraction of sp³-hybridized carbons (Fsp3) is 0.538. The Morgan fingerprint density at radius 1 is 1.50 bits per heavy atom. The van der Waals surface area contributed by atoms with Crippen molar-refractivity contribution in [2.45, 2.75) is 31.8 Å². The molecular formula is C13H17FO2. The molecule has 1 fully saturated rings. The summed E-state index contributed by atoms with van der Waals surface area (Å²) in [6, 6.07) is 5.13. The molecule has 0 aliphatic heterocycles. The third-order valence-electron chi connectivity index (χ3n) is 3.14. The van der Waals surface area contributed by atoms with Crippen LogP contribution in [0.15, 0.2) is 18.2 Å². The maximum Gasteiger partial charge on any atom is 0.168 e. The molecule has 1 aromatic rings. The fourth-order valence-corrected chi connectivity index (χ4v) is 1.93. The number of hydrogen-bond acceptors (Lipinski definition) is 2. The molecule has 16 heavy (non-hydrogen) atoms. The average molecular weight is 224 g/mol. The summed E-state index contributed by atoms with van der Waals surface area (Å²) in [6.45, 7) is 0. The van der Waals surface area contributed by atoms with Crippen LogP contribution in [-0.2, 0) is 6.42 Å². The number of benzene rings is 1. The Kier molecular flexibility index (Phi) is 3.44. The largest absolute Gasteiger partial charge is 0.494 e. The van der Waals surface area contributed by atoms with Crippen molar-refractivity contribution in [3.8, 4) is 5.75 Å². The van der Waals surface area contributed by atoms with Gasteiger partial charge in [-0.25, -0.2) is 4.39 Å². The van der Waals surface area contributed by atoms with Gasteiger partial charge >= 0.3 is 0 Å². The van der Waals surface area contributed by atoms with Gasteiger partial charge in [0.2, 0.25) is 0 Å². The number of halogens is 1. The van der Waals surface area contributed by atoms with Crippen LogP contribution >= 0.6 is 0 Å². The third-order valence-corrected chi connectivity index (χ3v) is 3.14. The van der Waals surface area contributed by atoms with E-state index in [0.29, 0.717) is 24.3 Å². The van der Waals surface area contributed by atoms with Crippen LogP contribution in [0.5, 0.6) is 5.75 Å². The molecule has 0 amide bonds. The van der Waals surface area contributed by atoms with Gasteiger partial charge in [0.25, 0.3) is 0 Å². The molecule has 1 atom stereocenters. The van der Waals surface area contributed by atoms with Crippen LogP contribution in [-0.4, -0.2) is 18.3 Å². The lowest BCUT2D eigenvalue weighted by atomic mass is 10.0. The van der Waals surface area contributed by atoms with Crippen LogP contribution < -0.4 is 4.74 Å². The van der Waals surface area contributed by atoms with Crippen molar-refractivity contribution in [3.63, 3.8) is 0 Å². The number of aliphatic hydroxyl groups is 1. The molecule has 0 aromatic heterocycles. The first-order chi connectivity index (χ1) is 7.72. The van der Waals surface area contributed by atoms with E-state index in [2.05, 4.69) is 0 Å². The van der Waals surface area contributed by atoms with Crippen molar-refractivity contribution >= 4 is 0 Å². The Hall–Kier alpha value is -1.09. The Morgan fingerprint density at radius 2 is 2.25 bits per heavy atom. The van der Waals surface area contributed by atoms with E-state index >= 15 is 0 Å². The van der Waals surface area contributed by atoms with Crippen molar-refractivity contribution < 1.29 is 14.2 Å². The Labute approximate surface area is 95.1 Å². The zero-order valence-electron chi connectivity index (χ0n) is 9.45. The molecule has 0 radical (unpaired) electrons. The summed E-state index contributed by atoms with van der Waals surface area (Å²) in [5.41, 5.74) is 0.624. The normalized spacial score (nSPS) is 17.2. The van der Waals surface area contributed by atoms with Gasteiger partial charge in [0.1, 0.15) is 0 Å². The predicted octanol–water partition coefficient (Wildman–Crippen LogP) is 2.54. The molecule has 2 rings (SSSR count). The summed E-state index contributed by atoms with van der Waals surface area (Å²) in [5.74, 6) is 0.431. The van der Waals surface area contributed by atoms with Crippen LogP contribution in [0.3, 0.4) is 0 Å². The number of hydrogen-bond donors (Lipinski definition) is 1. The first-order valence-corrected chi connectivity index (χ1v) is 5.72.